The molecule has 1 heterocycles. The van der Waals surface area contributed by atoms with Crippen LogP contribution in [0.1, 0.15) is 25.8 Å². The Labute approximate surface area is 152 Å². The number of benzene rings is 2. The van der Waals surface area contributed by atoms with Crippen molar-refractivity contribution in [2.75, 3.05) is 19.1 Å². The molecule has 0 aliphatic carbocycles. The second-order valence-corrected chi connectivity index (χ2v) is 6.30. The van der Waals surface area contributed by atoms with Crippen LogP contribution < -0.4 is 14.9 Å². The van der Waals surface area contributed by atoms with Crippen molar-refractivity contribution in [2.24, 2.45) is 11.0 Å². The molecule has 3 rings (SSSR count). The number of nitrogens with zero attached hydrogens (tertiary/aromatic N) is 2. The molecule has 0 amide bonds. The lowest BCUT2D eigenvalue weighted by Crippen LogP contribution is -2.03. The van der Waals surface area contributed by atoms with Gasteiger partial charge in [-0.05, 0) is 48.2 Å². The lowest BCUT2D eigenvalue weighted by atomic mass is 10.1. The van der Waals surface area contributed by atoms with Crippen LogP contribution in [-0.2, 0) is 0 Å². The van der Waals surface area contributed by atoms with Crippen molar-refractivity contribution in [1.29, 1.82) is 0 Å². The highest BCUT2D eigenvalue weighted by molar-refractivity contribution is 5.81. The Morgan fingerprint density at radius 2 is 2.04 bits per heavy atom. The van der Waals surface area contributed by atoms with Gasteiger partial charge < -0.3 is 13.9 Å². The van der Waals surface area contributed by atoms with Crippen LogP contribution in [0, 0.1) is 5.92 Å². The zero-order chi connectivity index (χ0) is 18.4. The maximum atomic E-state index is 5.79. The van der Waals surface area contributed by atoms with Crippen molar-refractivity contribution in [3.8, 4) is 11.5 Å². The first kappa shape index (κ1) is 17.8. The number of hydrogen-bond donors (Lipinski definition) is 1. The number of hydrogen-bond acceptors (Lipinski definition) is 6. The molecule has 0 unspecified atom stereocenters. The number of aromatic nitrogens is 1. The molecule has 1 N–H and O–H groups in total. The highest BCUT2D eigenvalue weighted by Gasteiger charge is 2.06. The van der Waals surface area contributed by atoms with Crippen molar-refractivity contribution in [2.45, 2.75) is 20.3 Å². The van der Waals surface area contributed by atoms with Crippen LogP contribution in [-0.4, -0.2) is 24.9 Å². The molecule has 0 atom stereocenters. The average Bonchev–Trinajstić information content (AvgIpc) is 3.05. The first-order valence-electron chi connectivity index (χ1n) is 8.61. The zero-order valence-corrected chi connectivity index (χ0v) is 15.2. The monoisotopic (exact) mass is 353 g/mol. The fourth-order valence-corrected chi connectivity index (χ4v) is 2.37. The summed E-state index contributed by atoms with van der Waals surface area (Å²) >= 11 is 0. The van der Waals surface area contributed by atoms with Crippen molar-refractivity contribution >= 4 is 23.3 Å². The first-order chi connectivity index (χ1) is 12.7. The molecule has 0 spiro atoms. The highest BCUT2D eigenvalue weighted by atomic mass is 16.5. The molecule has 6 nitrogen and oxygen atoms in total. The maximum absolute atomic E-state index is 5.79. The summed E-state index contributed by atoms with van der Waals surface area (Å²) in [6.45, 7) is 5.01. The summed E-state index contributed by atoms with van der Waals surface area (Å²) in [6.07, 6.45) is 2.68. The molecule has 0 saturated carbocycles. The Kier molecular flexibility index (Phi) is 5.73. The molecular formula is C20H23N3O3. The van der Waals surface area contributed by atoms with Gasteiger partial charge in [0.05, 0.1) is 19.9 Å². The predicted octanol–water partition coefficient (Wildman–Crippen LogP) is 4.71. The van der Waals surface area contributed by atoms with Gasteiger partial charge in [-0.3, -0.25) is 0 Å². The van der Waals surface area contributed by atoms with Gasteiger partial charge in [0.25, 0.3) is 0 Å². The largest absolute Gasteiger partial charge is 0.493 e. The number of hydrazone groups is 1. The fraction of sp³-hybridized carbons (Fsp3) is 0.300. The van der Waals surface area contributed by atoms with Gasteiger partial charge in [0, 0.05) is 0 Å². The molecule has 2 aromatic carbocycles. The highest BCUT2D eigenvalue weighted by Crippen LogP contribution is 2.28. The van der Waals surface area contributed by atoms with E-state index in [9.17, 15) is 0 Å². The van der Waals surface area contributed by atoms with Gasteiger partial charge in [-0.2, -0.15) is 10.1 Å². The van der Waals surface area contributed by atoms with E-state index in [1.165, 1.54) is 0 Å². The average molecular weight is 353 g/mol. The van der Waals surface area contributed by atoms with E-state index in [1.807, 2.05) is 42.5 Å². The van der Waals surface area contributed by atoms with Crippen LogP contribution in [0.4, 0.5) is 6.01 Å². The van der Waals surface area contributed by atoms with E-state index >= 15 is 0 Å². The summed E-state index contributed by atoms with van der Waals surface area (Å²) in [5, 5.41) is 4.17. The van der Waals surface area contributed by atoms with Gasteiger partial charge >= 0.3 is 6.01 Å². The standard InChI is InChI=1S/C20H23N3O3/c1-14(2)10-11-25-18-9-8-15(12-19(18)24-3)13-21-23-20-22-16-6-4-5-7-17(16)26-20/h4-9,12-14H,10-11H2,1-3H3,(H,22,23)/b21-13-. The summed E-state index contributed by atoms with van der Waals surface area (Å²) in [6, 6.07) is 13.6. The number of rotatable bonds is 8. The molecule has 6 heteroatoms. The van der Waals surface area contributed by atoms with Gasteiger partial charge in [-0.15, -0.1) is 0 Å². The van der Waals surface area contributed by atoms with Crippen molar-refractivity contribution in [3.05, 3.63) is 48.0 Å². The number of methoxy groups -OCH3 is 1. The van der Waals surface area contributed by atoms with Crippen LogP contribution in [0.15, 0.2) is 52.0 Å². The first-order valence-corrected chi connectivity index (χ1v) is 8.61. The van der Waals surface area contributed by atoms with E-state index in [2.05, 4.69) is 29.4 Å². The molecular weight excluding hydrogens is 330 g/mol. The van der Waals surface area contributed by atoms with Crippen LogP contribution in [0.3, 0.4) is 0 Å². The second-order valence-electron chi connectivity index (χ2n) is 6.30. The third-order valence-corrected chi connectivity index (χ3v) is 3.81. The number of oxazole rings is 1. The molecule has 0 radical (unpaired) electrons. The molecule has 26 heavy (non-hydrogen) atoms. The van der Waals surface area contributed by atoms with E-state index < -0.39 is 0 Å². The lowest BCUT2D eigenvalue weighted by molar-refractivity contribution is 0.273. The molecule has 0 saturated heterocycles. The third-order valence-electron chi connectivity index (χ3n) is 3.81. The Morgan fingerprint density at radius 3 is 2.81 bits per heavy atom. The van der Waals surface area contributed by atoms with Crippen LogP contribution in [0.25, 0.3) is 11.1 Å². The summed E-state index contributed by atoms with van der Waals surface area (Å²) < 4.78 is 16.8. The quantitative estimate of drug-likeness (QED) is 0.469. The van der Waals surface area contributed by atoms with E-state index in [-0.39, 0.29) is 0 Å². The third kappa shape index (κ3) is 4.53. The van der Waals surface area contributed by atoms with Crippen LogP contribution >= 0.6 is 0 Å². The summed E-state index contributed by atoms with van der Waals surface area (Å²) in [5.74, 6) is 2.02. The summed E-state index contributed by atoms with van der Waals surface area (Å²) in [4.78, 5) is 4.30. The molecule has 136 valence electrons. The summed E-state index contributed by atoms with van der Waals surface area (Å²) in [7, 11) is 1.63. The molecule has 1 aromatic heterocycles. The van der Waals surface area contributed by atoms with Gasteiger partial charge in [0.1, 0.15) is 5.52 Å². The molecule has 0 aliphatic heterocycles. The number of fused-ring (bicyclic) bond motifs is 1. The van der Waals surface area contributed by atoms with E-state index in [4.69, 9.17) is 13.9 Å². The predicted molar refractivity (Wildman–Crippen MR) is 103 cm³/mol. The van der Waals surface area contributed by atoms with Gasteiger partial charge in [0.2, 0.25) is 0 Å². The number of anilines is 1. The van der Waals surface area contributed by atoms with Crippen molar-refractivity contribution in [3.63, 3.8) is 0 Å². The fourth-order valence-electron chi connectivity index (χ4n) is 2.37. The normalized spacial score (nSPS) is 11.4. The van der Waals surface area contributed by atoms with E-state index in [1.54, 1.807) is 13.3 Å². The smallest absolute Gasteiger partial charge is 0.316 e. The topological polar surface area (TPSA) is 68.9 Å². The number of para-hydroxylation sites is 2. The maximum Gasteiger partial charge on any atom is 0.316 e. The Hall–Kier alpha value is -3.02. The summed E-state index contributed by atoms with van der Waals surface area (Å²) in [5.41, 5.74) is 5.18. The number of ether oxygens (including phenoxy) is 2. The van der Waals surface area contributed by atoms with E-state index in [0.717, 1.165) is 28.8 Å². The molecule has 0 aliphatic rings. The second kappa shape index (κ2) is 8.38. The van der Waals surface area contributed by atoms with Crippen LogP contribution in [0.5, 0.6) is 11.5 Å². The minimum Gasteiger partial charge on any atom is -0.493 e. The molecule has 0 fully saturated rings. The molecule has 3 aromatic rings. The van der Waals surface area contributed by atoms with Gasteiger partial charge in [-0.1, -0.05) is 26.0 Å². The minimum absolute atomic E-state index is 0.350. The van der Waals surface area contributed by atoms with E-state index in [0.29, 0.717) is 24.3 Å². The zero-order valence-electron chi connectivity index (χ0n) is 15.2. The lowest BCUT2D eigenvalue weighted by Gasteiger charge is -2.12. The molecule has 0 bridgehead atoms. The minimum atomic E-state index is 0.350. The van der Waals surface area contributed by atoms with Crippen LogP contribution in [0.2, 0.25) is 0 Å². The Morgan fingerprint density at radius 1 is 1.19 bits per heavy atom. The van der Waals surface area contributed by atoms with Crippen molar-refractivity contribution < 1.29 is 13.9 Å². The van der Waals surface area contributed by atoms with Gasteiger partial charge in [-0.25, -0.2) is 5.43 Å². The Balaban J connectivity index is 1.64. The Bertz CT molecular complexity index is 854. The van der Waals surface area contributed by atoms with Gasteiger partial charge in [0.15, 0.2) is 17.1 Å². The SMILES string of the molecule is COc1cc(/C=N\Nc2nc3ccccc3o2)ccc1OCCC(C)C. The van der Waals surface area contributed by atoms with Crippen molar-refractivity contribution in [1.82, 2.24) is 4.98 Å². The number of nitrogens with one attached hydrogen (secondary N) is 1.